The first-order chi connectivity index (χ1) is 15.5. The lowest BCUT2D eigenvalue weighted by atomic mass is 9.96. The third-order valence-corrected chi connectivity index (χ3v) is 5.68. The van der Waals surface area contributed by atoms with E-state index >= 15 is 0 Å². The van der Waals surface area contributed by atoms with Crippen molar-refractivity contribution in [3.8, 4) is 0 Å². The molecule has 0 aliphatic heterocycles. The topological polar surface area (TPSA) is 171 Å². The monoisotopic (exact) mass is 482 g/mol. The first-order valence-corrected chi connectivity index (χ1v) is 11.4. The molecule has 1 rings (SSSR count). The zero-order chi connectivity index (χ0) is 25.1. The molecule has 0 fully saturated rings. The van der Waals surface area contributed by atoms with Crippen LogP contribution in [0.1, 0.15) is 32.8 Å². The highest BCUT2D eigenvalue weighted by atomic mass is 32.1. The molecule has 6 unspecified atom stereocenters. The first kappa shape index (κ1) is 28.4. The molecule has 3 amide bonds. The second-order valence-corrected chi connectivity index (χ2v) is 8.34. The van der Waals surface area contributed by atoms with E-state index in [9.17, 15) is 29.4 Å². The first-order valence-electron chi connectivity index (χ1n) is 10.7. The van der Waals surface area contributed by atoms with Gasteiger partial charge in [-0.15, -0.1) is 0 Å². The van der Waals surface area contributed by atoms with Gasteiger partial charge in [0.05, 0.1) is 12.1 Å². The highest BCUT2D eigenvalue weighted by molar-refractivity contribution is 7.80. The molecule has 0 radical (unpaired) electrons. The summed E-state index contributed by atoms with van der Waals surface area (Å²) < 4.78 is 0. The molecule has 0 saturated carbocycles. The summed E-state index contributed by atoms with van der Waals surface area (Å²) in [6, 6.07) is 4.28. The Morgan fingerprint density at radius 3 is 2.03 bits per heavy atom. The Balaban J connectivity index is 3.14. The summed E-state index contributed by atoms with van der Waals surface area (Å²) in [6.07, 6.45) is -0.718. The Hall–Kier alpha value is -2.63. The van der Waals surface area contributed by atoms with E-state index in [4.69, 9.17) is 5.73 Å². The fourth-order valence-electron chi connectivity index (χ4n) is 3.01. The maximum Gasteiger partial charge on any atom is 0.328 e. The number of nitrogens with two attached hydrogens (primary N) is 1. The van der Waals surface area contributed by atoms with Gasteiger partial charge in [0.25, 0.3) is 0 Å². The average molecular weight is 483 g/mol. The number of amides is 3. The van der Waals surface area contributed by atoms with Gasteiger partial charge in [0.1, 0.15) is 12.1 Å². The quantitative estimate of drug-likeness (QED) is 0.185. The van der Waals surface area contributed by atoms with Crippen molar-refractivity contribution < 1.29 is 29.4 Å². The van der Waals surface area contributed by atoms with Gasteiger partial charge in [-0.3, -0.25) is 14.4 Å². The van der Waals surface area contributed by atoms with Crippen LogP contribution in [0.4, 0.5) is 0 Å². The lowest BCUT2D eigenvalue weighted by Gasteiger charge is -2.28. The normalized spacial score (nSPS) is 16.4. The molecule has 1 aromatic rings. The summed E-state index contributed by atoms with van der Waals surface area (Å²) in [7, 11) is 0. The van der Waals surface area contributed by atoms with Crippen LogP contribution in [0, 0.1) is 5.92 Å². The van der Waals surface area contributed by atoms with Crippen LogP contribution in [-0.4, -0.2) is 69.9 Å². The summed E-state index contributed by atoms with van der Waals surface area (Å²) in [4.78, 5) is 49.7. The third-order valence-electron chi connectivity index (χ3n) is 5.29. The second-order valence-electron chi connectivity index (χ2n) is 7.98. The Bertz CT molecular complexity index is 807. The number of thiol groups is 1. The van der Waals surface area contributed by atoms with E-state index in [2.05, 4.69) is 28.6 Å². The summed E-state index contributed by atoms with van der Waals surface area (Å²) >= 11 is 4.00. The van der Waals surface area contributed by atoms with Gasteiger partial charge in [-0.25, -0.2) is 4.79 Å². The molecular weight excluding hydrogens is 448 g/mol. The largest absolute Gasteiger partial charge is 0.480 e. The third kappa shape index (κ3) is 9.03. The molecule has 0 heterocycles. The standard InChI is InChI=1S/C22H34N4O6S/c1-4-12(2)17(25-19(28)15(23)11-33)21(30)24-16(10-14-8-6-5-7-9-14)20(29)26-18(13(3)27)22(31)32/h5-9,12-13,15-18,27,33H,4,10-11,23H2,1-3H3,(H,24,30)(H,25,28)(H,26,29)(H,31,32). The van der Waals surface area contributed by atoms with Crippen LogP contribution in [0.5, 0.6) is 0 Å². The van der Waals surface area contributed by atoms with Gasteiger partial charge in [-0.05, 0) is 18.4 Å². The van der Waals surface area contributed by atoms with Crippen LogP contribution in [0.2, 0.25) is 0 Å². The van der Waals surface area contributed by atoms with Gasteiger partial charge >= 0.3 is 5.97 Å². The number of carboxylic acids is 1. The van der Waals surface area contributed by atoms with Gasteiger partial charge in [0.2, 0.25) is 17.7 Å². The van der Waals surface area contributed by atoms with Gasteiger partial charge in [-0.1, -0.05) is 50.6 Å². The summed E-state index contributed by atoms with van der Waals surface area (Å²) in [6.45, 7) is 4.86. The van der Waals surface area contributed by atoms with Crippen LogP contribution >= 0.6 is 12.6 Å². The maximum atomic E-state index is 13.1. The zero-order valence-corrected chi connectivity index (χ0v) is 19.9. The van der Waals surface area contributed by atoms with Crippen molar-refractivity contribution >= 4 is 36.3 Å². The van der Waals surface area contributed by atoms with Gasteiger partial charge in [-0.2, -0.15) is 12.6 Å². The molecule has 0 saturated heterocycles. The zero-order valence-electron chi connectivity index (χ0n) is 19.0. The minimum Gasteiger partial charge on any atom is -0.480 e. The summed E-state index contributed by atoms with van der Waals surface area (Å²) in [5.41, 5.74) is 6.43. The van der Waals surface area contributed by atoms with Gasteiger partial charge in [0.15, 0.2) is 6.04 Å². The number of benzene rings is 1. The smallest absolute Gasteiger partial charge is 0.328 e. The predicted molar refractivity (Wildman–Crippen MR) is 127 cm³/mol. The number of aliphatic hydroxyl groups excluding tert-OH is 1. The minimum atomic E-state index is -1.55. The predicted octanol–water partition coefficient (Wildman–Crippen LogP) is -0.548. The number of hydrogen-bond donors (Lipinski definition) is 7. The number of carbonyl (C=O) groups excluding carboxylic acids is 3. The molecule has 0 spiro atoms. The van der Waals surface area contributed by atoms with E-state index in [-0.39, 0.29) is 18.1 Å². The molecule has 0 bridgehead atoms. The van der Waals surface area contributed by atoms with Crippen LogP contribution in [0.25, 0.3) is 0 Å². The SMILES string of the molecule is CCC(C)C(NC(=O)C(N)CS)C(=O)NC(Cc1ccccc1)C(=O)NC(C(=O)O)C(C)O. The van der Waals surface area contributed by atoms with E-state index in [1.165, 1.54) is 6.92 Å². The Kier molecular flexibility index (Phi) is 11.9. The summed E-state index contributed by atoms with van der Waals surface area (Å²) in [5.74, 6) is -3.52. The highest BCUT2D eigenvalue weighted by Crippen LogP contribution is 2.11. The molecular formula is C22H34N4O6S. The fourth-order valence-corrected chi connectivity index (χ4v) is 3.17. The van der Waals surface area contributed by atoms with Gasteiger partial charge < -0.3 is 31.9 Å². The number of carbonyl (C=O) groups is 4. The second kappa shape index (κ2) is 13.8. The Morgan fingerprint density at radius 2 is 1.55 bits per heavy atom. The molecule has 33 heavy (non-hydrogen) atoms. The van der Waals surface area contributed by atoms with E-state index in [1.807, 2.05) is 6.92 Å². The highest BCUT2D eigenvalue weighted by Gasteiger charge is 2.33. The number of carboxylic acid groups (broad SMARTS) is 1. The fraction of sp³-hybridized carbons (Fsp3) is 0.545. The molecule has 1 aromatic carbocycles. The number of hydrogen-bond acceptors (Lipinski definition) is 7. The number of aliphatic hydroxyl groups is 1. The van der Waals surface area contributed by atoms with E-state index in [0.29, 0.717) is 6.42 Å². The molecule has 10 nitrogen and oxygen atoms in total. The number of aliphatic carboxylic acids is 1. The van der Waals surface area contributed by atoms with Crippen molar-refractivity contribution in [1.82, 2.24) is 16.0 Å². The van der Waals surface area contributed by atoms with Crippen molar-refractivity contribution in [2.45, 2.75) is 63.9 Å². The van der Waals surface area contributed by atoms with E-state index in [1.54, 1.807) is 37.3 Å². The van der Waals surface area contributed by atoms with Crippen molar-refractivity contribution in [3.63, 3.8) is 0 Å². The van der Waals surface area contributed by atoms with Crippen LogP contribution in [0.3, 0.4) is 0 Å². The average Bonchev–Trinajstić information content (AvgIpc) is 2.79. The van der Waals surface area contributed by atoms with Crippen molar-refractivity contribution in [3.05, 3.63) is 35.9 Å². The molecule has 0 aliphatic rings. The molecule has 184 valence electrons. The van der Waals surface area contributed by atoms with E-state index in [0.717, 1.165) is 5.56 Å². The minimum absolute atomic E-state index is 0.0713. The number of nitrogens with one attached hydrogen (secondary N) is 3. The van der Waals surface area contributed by atoms with E-state index < -0.39 is 54.0 Å². The number of rotatable bonds is 13. The lowest BCUT2D eigenvalue weighted by molar-refractivity contribution is -0.145. The van der Waals surface area contributed by atoms with Gasteiger partial charge in [0, 0.05) is 12.2 Å². The van der Waals surface area contributed by atoms with Crippen molar-refractivity contribution in [2.75, 3.05) is 5.75 Å². The molecule has 0 aromatic heterocycles. The molecule has 6 atom stereocenters. The Morgan fingerprint density at radius 1 is 0.970 bits per heavy atom. The van der Waals surface area contributed by atoms with Crippen molar-refractivity contribution in [1.29, 1.82) is 0 Å². The Labute approximate surface area is 199 Å². The van der Waals surface area contributed by atoms with Crippen LogP contribution < -0.4 is 21.7 Å². The summed E-state index contributed by atoms with van der Waals surface area (Å²) in [5, 5.41) is 26.5. The lowest BCUT2D eigenvalue weighted by Crippen LogP contribution is -2.60. The van der Waals surface area contributed by atoms with Crippen LogP contribution in [0.15, 0.2) is 30.3 Å². The molecule has 11 heteroatoms. The van der Waals surface area contributed by atoms with Crippen LogP contribution in [-0.2, 0) is 25.6 Å². The van der Waals surface area contributed by atoms with Crippen molar-refractivity contribution in [2.24, 2.45) is 11.7 Å². The maximum absolute atomic E-state index is 13.1. The molecule has 7 N–H and O–H groups in total. The molecule has 0 aliphatic carbocycles.